The van der Waals surface area contributed by atoms with E-state index in [2.05, 4.69) is 17.0 Å². The second-order valence-corrected chi connectivity index (χ2v) is 4.16. The summed E-state index contributed by atoms with van der Waals surface area (Å²) in [6.07, 6.45) is 5.35. The van der Waals surface area contributed by atoms with Crippen LogP contribution >= 0.6 is 0 Å². The summed E-state index contributed by atoms with van der Waals surface area (Å²) >= 11 is 0. The quantitative estimate of drug-likeness (QED) is 0.896. The molecule has 0 amide bonds. The Morgan fingerprint density at radius 2 is 2.22 bits per heavy atom. The number of ether oxygens (including phenoxy) is 1. The second-order valence-electron chi connectivity index (χ2n) is 4.16. The van der Waals surface area contributed by atoms with E-state index < -0.39 is 0 Å². The number of nitrogens with zero attached hydrogens (tertiary/aromatic N) is 3. The standard InChI is InChI=1S/C13H18N4O/c1-4-5-10-12(16-17(2)13(10)14)9-6-7-15-8-11(9)18-3/h6-8H,4-5,14H2,1-3H3. The minimum Gasteiger partial charge on any atom is -0.494 e. The average Bonchev–Trinajstić information content (AvgIpc) is 2.67. The molecule has 5 nitrogen and oxygen atoms in total. The molecule has 0 atom stereocenters. The molecule has 18 heavy (non-hydrogen) atoms. The average molecular weight is 246 g/mol. The van der Waals surface area contributed by atoms with Gasteiger partial charge in [0.2, 0.25) is 0 Å². The van der Waals surface area contributed by atoms with Crippen LogP contribution in [0.1, 0.15) is 18.9 Å². The van der Waals surface area contributed by atoms with Crippen molar-refractivity contribution < 1.29 is 4.74 Å². The minimum atomic E-state index is 0.714. The maximum Gasteiger partial charge on any atom is 0.146 e. The van der Waals surface area contributed by atoms with E-state index in [0.29, 0.717) is 11.6 Å². The highest BCUT2D eigenvalue weighted by Crippen LogP contribution is 2.33. The van der Waals surface area contributed by atoms with Gasteiger partial charge in [0.25, 0.3) is 0 Å². The van der Waals surface area contributed by atoms with Crippen LogP contribution in [-0.2, 0) is 13.5 Å². The molecule has 2 rings (SSSR count). The third-order valence-electron chi connectivity index (χ3n) is 2.95. The molecule has 5 heteroatoms. The highest BCUT2D eigenvalue weighted by atomic mass is 16.5. The third kappa shape index (κ3) is 2.03. The van der Waals surface area contributed by atoms with E-state index in [9.17, 15) is 0 Å². The van der Waals surface area contributed by atoms with Crippen LogP contribution in [0.25, 0.3) is 11.3 Å². The van der Waals surface area contributed by atoms with Gasteiger partial charge in [0, 0.05) is 24.4 Å². The van der Waals surface area contributed by atoms with Crippen LogP contribution in [0.2, 0.25) is 0 Å². The zero-order valence-electron chi connectivity index (χ0n) is 11.0. The molecule has 2 aromatic heterocycles. The largest absolute Gasteiger partial charge is 0.494 e. The first-order valence-electron chi connectivity index (χ1n) is 5.98. The summed E-state index contributed by atoms with van der Waals surface area (Å²) in [4.78, 5) is 4.06. The molecule has 0 radical (unpaired) electrons. The molecule has 2 N–H and O–H groups in total. The summed E-state index contributed by atoms with van der Waals surface area (Å²) in [6, 6.07) is 1.90. The predicted octanol–water partition coefficient (Wildman–Crippen LogP) is 2.03. The summed E-state index contributed by atoms with van der Waals surface area (Å²) in [5, 5.41) is 4.49. The maximum atomic E-state index is 6.06. The summed E-state index contributed by atoms with van der Waals surface area (Å²) in [5.41, 5.74) is 8.95. The number of aromatic nitrogens is 3. The fourth-order valence-electron chi connectivity index (χ4n) is 2.03. The number of nitrogens with two attached hydrogens (primary N) is 1. The topological polar surface area (TPSA) is 66.0 Å². The van der Waals surface area contributed by atoms with Gasteiger partial charge >= 0.3 is 0 Å². The van der Waals surface area contributed by atoms with E-state index in [1.165, 1.54) is 0 Å². The van der Waals surface area contributed by atoms with Gasteiger partial charge in [0.05, 0.1) is 13.3 Å². The number of hydrogen-bond acceptors (Lipinski definition) is 4. The zero-order valence-corrected chi connectivity index (χ0v) is 11.0. The van der Waals surface area contributed by atoms with Crippen molar-refractivity contribution in [2.45, 2.75) is 19.8 Å². The summed E-state index contributed by atoms with van der Waals surface area (Å²) in [7, 11) is 3.48. The summed E-state index contributed by atoms with van der Waals surface area (Å²) < 4.78 is 7.04. The monoisotopic (exact) mass is 246 g/mol. The Hall–Kier alpha value is -2.04. The SMILES string of the molecule is CCCc1c(-c2ccncc2OC)nn(C)c1N. The van der Waals surface area contributed by atoms with Gasteiger partial charge in [-0.15, -0.1) is 0 Å². The zero-order chi connectivity index (χ0) is 13.1. The van der Waals surface area contributed by atoms with Crippen molar-refractivity contribution in [2.75, 3.05) is 12.8 Å². The lowest BCUT2D eigenvalue weighted by Crippen LogP contribution is -1.99. The third-order valence-corrected chi connectivity index (χ3v) is 2.95. The Balaban J connectivity index is 2.59. The molecule has 0 unspecified atom stereocenters. The fourth-order valence-corrected chi connectivity index (χ4v) is 2.03. The van der Waals surface area contributed by atoms with E-state index >= 15 is 0 Å². The van der Waals surface area contributed by atoms with Gasteiger partial charge in [-0.25, -0.2) is 0 Å². The Labute approximate surface area is 107 Å². The lowest BCUT2D eigenvalue weighted by atomic mass is 10.0. The van der Waals surface area contributed by atoms with Crippen molar-refractivity contribution in [1.82, 2.24) is 14.8 Å². The Morgan fingerprint density at radius 1 is 1.44 bits per heavy atom. The van der Waals surface area contributed by atoms with Crippen LogP contribution in [0.3, 0.4) is 0 Å². The molecule has 0 saturated carbocycles. The van der Waals surface area contributed by atoms with Gasteiger partial charge in [-0.1, -0.05) is 13.3 Å². The van der Waals surface area contributed by atoms with Crippen LogP contribution < -0.4 is 10.5 Å². The van der Waals surface area contributed by atoms with Gasteiger partial charge in [-0.05, 0) is 12.5 Å². The number of rotatable bonds is 4. The number of nitrogen functional groups attached to an aromatic ring is 1. The van der Waals surface area contributed by atoms with E-state index in [1.807, 2.05) is 13.1 Å². The van der Waals surface area contributed by atoms with Gasteiger partial charge < -0.3 is 10.5 Å². The number of methoxy groups -OCH3 is 1. The van der Waals surface area contributed by atoms with Crippen LogP contribution in [0.15, 0.2) is 18.5 Å². The van der Waals surface area contributed by atoms with Crippen LogP contribution in [0.4, 0.5) is 5.82 Å². The van der Waals surface area contributed by atoms with E-state index in [4.69, 9.17) is 10.5 Å². The molecule has 0 aromatic carbocycles. The molecule has 96 valence electrons. The van der Waals surface area contributed by atoms with E-state index in [1.54, 1.807) is 24.2 Å². The lowest BCUT2D eigenvalue weighted by Gasteiger charge is -2.07. The van der Waals surface area contributed by atoms with Gasteiger partial charge in [0.15, 0.2) is 0 Å². The molecule has 0 spiro atoms. The first kappa shape index (κ1) is 12.4. The van der Waals surface area contributed by atoms with Gasteiger partial charge in [0.1, 0.15) is 17.3 Å². The van der Waals surface area contributed by atoms with Crippen molar-refractivity contribution in [3.05, 3.63) is 24.0 Å². The molecular formula is C13H18N4O. The van der Waals surface area contributed by atoms with E-state index in [-0.39, 0.29) is 0 Å². The van der Waals surface area contributed by atoms with Crippen LogP contribution in [0.5, 0.6) is 5.75 Å². The molecule has 0 aliphatic heterocycles. The number of hydrogen-bond donors (Lipinski definition) is 1. The molecule has 0 fully saturated rings. The lowest BCUT2D eigenvalue weighted by molar-refractivity contribution is 0.414. The Kier molecular flexibility index (Phi) is 3.50. The van der Waals surface area contributed by atoms with Crippen molar-refractivity contribution in [3.8, 4) is 17.0 Å². The first-order chi connectivity index (χ1) is 8.69. The predicted molar refractivity (Wildman–Crippen MR) is 71.4 cm³/mol. The number of pyridine rings is 1. The van der Waals surface area contributed by atoms with Gasteiger partial charge in [-0.2, -0.15) is 5.10 Å². The van der Waals surface area contributed by atoms with Crippen molar-refractivity contribution in [3.63, 3.8) is 0 Å². The first-order valence-corrected chi connectivity index (χ1v) is 5.98. The Bertz CT molecular complexity index is 548. The van der Waals surface area contributed by atoms with Crippen LogP contribution in [0, 0.1) is 0 Å². The summed E-state index contributed by atoms with van der Waals surface area (Å²) in [6.45, 7) is 2.13. The smallest absolute Gasteiger partial charge is 0.146 e. The van der Waals surface area contributed by atoms with Crippen molar-refractivity contribution in [2.24, 2.45) is 7.05 Å². The van der Waals surface area contributed by atoms with Gasteiger partial charge in [-0.3, -0.25) is 9.67 Å². The molecular weight excluding hydrogens is 228 g/mol. The number of aryl methyl sites for hydroxylation is 1. The molecule has 0 bridgehead atoms. The highest BCUT2D eigenvalue weighted by molar-refractivity contribution is 5.73. The van der Waals surface area contributed by atoms with Crippen molar-refractivity contribution in [1.29, 1.82) is 0 Å². The molecule has 0 aliphatic rings. The second kappa shape index (κ2) is 5.08. The molecule has 2 aromatic rings. The van der Waals surface area contributed by atoms with Crippen molar-refractivity contribution >= 4 is 5.82 Å². The normalized spacial score (nSPS) is 10.6. The molecule has 2 heterocycles. The maximum absolute atomic E-state index is 6.06. The summed E-state index contributed by atoms with van der Waals surface area (Å²) in [5.74, 6) is 1.43. The fraction of sp³-hybridized carbons (Fsp3) is 0.385. The molecule has 0 aliphatic carbocycles. The minimum absolute atomic E-state index is 0.714. The van der Waals surface area contributed by atoms with Crippen LogP contribution in [-0.4, -0.2) is 21.9 Å². The number of anilines is 1. The van der Waals surface area contributed by atoms with E-state index in [0.717, 1.165) is 29.7 Å². The Morgan fingerprint density at radius 3 is 2.89 bits per heavy atom. The molecule has 0 saturated heterocycles. The highest BCUT2D eigenvalue weighted by Gasteiger charge is 2.17.